The van der Waals surface area contributed by atoms with Crippen LogP contribution in [-0.2, 0) is 0 Å². The average molecular weight is 327 g/mol. The maximum absolute atomic E-state index is 11.4. The Hall–Kier alpha value is -0.0600. The normalized spacial score (nSPS) is 10.1. The molecule has 0 unspecified atom stereocenters. The van der Waals surface area contributed by atoms with E-state index in [2.05, 4.69) is 31.9 Å². The van der Waals surface area contributed by atoms with Gasteiger partial charge in [0.05, 0.1) is 15.9 Å². The Balaban J connectivity index is 3.28. The third kappa shape index (κ3) is 2.45. The van der Waals surface area contributed by atoms with Gasteiger partial charge < -0.3 is 5.73 Å². The summed E-state index contributed by atoms with van der Waals surface area (Å²) in [5.74, 6) is -0.0723. The monoisotopic (exact) mass is 325 g/mol. The third-order valence-corrected chi connectivity index (χ3v) is 2.90. The van der Waals surface area contributed by atoms with E-state index in [1.165, 1.54) is 0 Å². The molecule has 0 aromatic heterocycles. The second-order valence-electron chi connectivity index (χ2n) is 2.42. The maximum atomic E-state index is 11.4. The van der Waals surface area contributed by atoms with Gasteiger partial charge in [0.25, 0.3) is 0 Å². The van der Waals surface area contributed by atoms with Gasteiger partial charge in [-0.25, -0.2) is 0 Å². The molecule has 0 spiro atoms. The summed E-state index contributed by atoms with van der Waals surface area (Å²) in [4.78, 5) is 11.4. The highest BCUT2D eigenvalue weighted by molar-refractivity contribution is 9.10. The highest BCUT2D eigenvalue weighted by Gasteiger charge is 2.13. The van der Waals surface area contributed by atoms with Crippen LogP contribution in [0.1, 0.15) is 10.4 Å². The number of benzene rings is 1. The number of anilines is 1. The van der Waals surface area contributed by atoms with Crippen LogP contribution in [0.3, 0.4) is 0 Å². The summed E-state index contributed by atoms with van der Waals surface area (Å²) in [5, 5.41) is 0.617. The number of carbonyl (C=O) groups excluding carboxylic acids is 1. The first kappa shape index (κ1) is 11.0. The van der Waals surface area contributed by atoms with Crippen molar-refractivity contribution in [1.82, 2.24) is 0 Å². The predicted octanol–water partition coefficient (Wildman–Crippen LogP) is 3.26. The van der Waals surface area contributed by atoms with E-state index in [1.807, 2.05) is 0 Å². The molecule has 0 bridgehead atoms. The minimum absolute atomic E-state index is 0.0723. The highest BCUT2D eigenvalue weighted by atomic mass is 79.9. The van der Waals surface area contributed by atoms with Crippen molar-refractivity contribution in [2.24, 2.45) is 0 Å². The van der Waals surface area contributed by atoms with Crippen LogP contribution in [0.25, 0.3) is 0 Å². The summed E-state index contributed by atoms with van der Waals surface area (Å²) >= 11 is 12.2. The molecule has 1 aromatic carbocycles. The number of halogens is 3. The summed E-state index contributed by atoms with van der Waals surface area (Å²) in [6, 6.07) is 3.21. The van der Waals surface area contributed by atoms with Gasteiger partial charge in [-0.2, -0.15) is 0 Å². The highest BCUT2D eigenvalue weighted by Crippen LogP contribution is 2.28. The van der Waals surface area contributed by atoms with Gasteiger partial charge >= 0.3 is 0 Å². The molecular weight excluding hydrogens is 321 g/mol. The molecular formula is C8H6Br2ClNO. The van der Waals surface area contributed by atoms with Crippen molar-refractivity contribution < 1.29 is 4.79 Å². The zero-order valence-electron chi connectivity index (χ0n) is 6.48. The van der Waals surface area contributed by atoms with E-state index in [0.29, 0.717) is 20.7 Å². The lowest BCUT2D eigenvalue weighted by Gasteiger charge is -2.05. The van der Waals surface area contributed by atoms with Crippen molar-refractivity contribution in [2.45, 2.75) is 0 Å². The Morgan fingerprint density at radius 2 is 2.15 bits per heavy atom. The summed E-state index contributed by atoms with van der Waals surface area (Å²) in [6.45, 7) is 0. The van der Waals surface area contributed by atoms with Crippen LogP contribution in [0, 0.1) is 0 Å². The molecule has 2 nitrogen and oxygen atoms in total. The number of alkyl halides is 1. The second-order valence-corrected chi connectivity index (χ2v) is 4.24. The molecule has 5 heteroatoms. The SMILES string of the molecule is Nc1cc(Cl)c(C(=O)CBr)c(Br)c1. The van der Waals surface area contributed by atoms with Crippen LogP contribution in [0.4, 0.5) is 5.69 Å². The molecule has 0 radical (unpaired) electrons. The molecule has 0 saturated carbocycles. The van der Waals surface area contributed by atoms with Crippen LogP contribution in [-0.4, -0.2) is 11.1 Å². The van der Waals surface area contributed by atoms with Gasteiger partial charge in [-0.05, 0) is 28.1 Å². The van der Waals surface area contributed by atoms with Crippen molar-refractivity contribution in [3.63, 3.8) is 0 Å². The lowest BCUT2D eigenvalue weighted by molar-refractivity contribution is 0.102. The molecule has 0 amide bonds. The number of hydrogen-bond acceptors (Lipinski definition) is 2. The van der Waals surface area contributed by atoms with Crippen LogP contribution in [0.5, 0.6) is 0 Å². The van der Waals surface area contributed by atoms with Crippen molar-refractivity contribution in [3.05, 3.63) is 27.2 Å². The fourth-order valence-corrected chi connectivity index (χ4v) is 2.35. The molecule has 0 atom stereocenters. The molecule has 1 rings (SSSR count). The Bertz CT molecular complexity index is 331. The molecule has 0 aliphatic heterocycles. The molecule has 13 heavy (non-hydrogen) atoms. The van der Waals surface area contributed by atoms with Gasteiger partial charge in [-0.3, -0.25) is 4.79 Å². The Kier molecular flexibility index (Phi) is 3.76. The van der Waals surface area contributed by atoms with Crippen molar-refractivity contribution in [3.8, 4) is 0 Å². The van der Waals surface area contributed by atoms with E-state index < -0.39 is 0 Å². The first-order valence-corrected chi connectivity index (χ1v) is 5.69. The van der Waals surface area contributed by atoms with Crippen molar-refractivity contribution >= 4 is 54.9 Å². The Labute approximate surface area is 97.7 Å². The first-order valence-electron chi connectivity index (χ1n) is 3.40. The fraction of sp³-hybridized carbons (Fsp3) is 0.125. The van der Waals surface area contributed by atoms with Gasteiger partial charge in [-0.15, -0.1) is 0 Å². The van der Waals surface area contributed by atoms with Gasteiger partial charge in [0.1, 0.15) is 0 Å². The van der Waals surface area contributed by atoms with Crippen LogP contribution in [0.15, 0.2) is 16.6 Å². The Morgan fingerprint density at radius 1 is 1.54 bits per heavy atom. The maximum Gasteiger partial charge on any atom is 0.176 e. The average Bonchev–Trinajstić information content (AvgIpc) is 2.02. The van der Waals surface area contributed by atoms with Crippen molar-refractivity contribution in [1.29, 1.82) is 0 Å². The van der Waals surface area contributed by atoms with Crippen LogP contribution < -0.4 is 5.73 Å². The van der Waals surface area contributed by atoms with Gasteiger partial charge in [-0.1, -0.05) is 27.5 Å². The second kappa shape index (κ2) is 4.44. The van der Waals surface area contributed by atoms with E-state index in [4.69, 9.17) is 17.3 Å². The van der Waals surface area contributed by atoms with Gasteiger partial charge in [0.15, 0.2) is 5.78 Å². The van der Waals surface area contributed by atoms with E-state index in [1.54, 1.807) is 12.1 Å². The molecule has 0 saturated heterocycles. The minimum atomic E-state index is -0.0723. The van der Waals surface area contributed by atoms with E-state index >= 15 is 0 Å². The molecule has 0 aliphatic rings. The number of carbonyl (C=O) groups is 1. The van der Waals surface area contributed by atoms with Gasteiger partial charge in [0.2, 0.25) is 0 Å². The number of rotatable bonds is 2. The lowest BCUT2D eigenvalue weighted by atomic mass is 10.1. The molecule has 2 N–H and O–H groups in total. The smallest absolute Gasteiger partial charge is 0.176 e. The summed E-state index contributed by atoms with van der Waals surface area (Å²) in [7, 11) is 0. The summed E-state index contributed by atoms with van der Waals surface area (Å²) in [5.41, 5.74) is 6.53. The lowest BCUT2D eigenvalue weighted by Crippen LogP contribution is -2.03. The first-order chi connectivity index (χ1) is 6.06. The predicted molar refractivity (Wildman–Crippen MR) is 61.7 cm³/mol. The summed E-state index contributed by atoms with van der Waals surface area (Å²) < 4.78 is 0.627. The fourth-order valence-electron chi connectivity index (χ4n) is 0.926. The van der Waals surface area contributed by atoms with Crippen LogP contribution in [0.2, 0.25) is 5.02 Å². The van der Waals surface area contributed by atoms with Crippen molar-refractivity contribution in [2.75, 3.05) is 11.1 Å². The number of hydrogen-bond donors (Lipinski definition) is 1. The number of ketones is 1. The zero-order chi connectivity index (χ0) is 10.0. The number of nitrogen functional groups attached to an aromatic ring is 1. The quantitative estimate of drug-likeness (QED) is 0.515. The molecule has 0 heterocycles. The number of nitrogens with two attached hydrogens (primary N) is 1. The zero-order valence-corrected chi connectivity index (χ0v) is 10.4. The molecule has 1 aromatic rings. The molecule has 70 valence electrons. The molecule has 0 fully saturated rings. The third-order valence-electron chi connectivity index (χ3n) is 1.46. The Morgan fingerprint density at radius 3 is 2.62 bits per heavy atom. The largest absolute Gasteiger partial charge is 0.399 e. The standard InChI is InChI=1S/C8H6Br2ClNO/c9-3-7(13)8-5(10)1-4(12)2-6(8)11/h1-2H,3,12H2. The van der Waals surface area contributed by atoms with Crippen LogP contribution >= 0.6 is 43.5 Å². The summed E-state index contributed by atoms with van der Waals surface area (Å²) in [6.07, 6.45) is 0. The van der Waals surface area contributed by atoms with E-state index in [9.17, 15) is 4.79 Å². The van der Waals surface area contributed by atoms with E-state index in [0.717, 1.165) is 0 Å². The van der Waals surface area contributed by atoms with E-state index in [-0.39, 0.29) is 11.1 Å². The topological polar surface area (TPSA) is 43.1 Å². The number of Topliss-reactive ketones (excluding diaryl/α,β-unsaturated/α-hetero) is 1. The van der Waals surface area contributed by atoms with Gasteiger partial charge in [0, 0.05) is 10.2 Å². The molecule has 0 aliphatic carbocycles. The minimum Gasteiger partial charge on any atom is -0.399 e.